The Morgan fingerprint density at radius 2 is 2.23 bits per heavy atom. The zero-order valence-corrected chi connectivity index (χ0v) is 8.60. The van der Waals surface area contributed by atoms with Crippen LogP contribution in [0.3, 0.4) is 0 Å². The molecule has 3 heteroatoms. The number of benzene rings is 1. The molecule has 0 aliphatic heterocycles. The molecular formula is C10H14ClNO. The highest BCUT2D eigenvalue weighted by molar-refractivity contribution is 6.31. The van der Waals surface area contributed by atoms with Gasteiger partial charge in [0.2, 0.25) is 0 Å². The van der Waals surface area contributed by atoms with E-state index in [1.165, 1.54) is 0 Å². The molecule has 1 aromatic rings. The average molecular weight is 200 g/mol. The number of aryl methyl sites for hydroxylation is 1. The van der Waals surface area contributed by atoms with Gasteiger partial charge in [0.1, 0.15) is 0 Å². The van der Waals surface area contributed by atoms with Crippen LogP contribution < -0.4 is 5.32 Å². The number of hydrogen-bond donors (Lipinski definition) is 2. The third-order valence-corrected chi connectivity index (χ3v) is 2.39. The molecule has 1 rings (SSSR count). The zero-order valence-electron chi connectivity index (χ0n) is 7.84. The third kappa shape index (κ3) is 2.44. The SMILES string of the molecule is CNC(CO)c1ccc(C)cc1Cl. The van der Waals surface area contributed by atoms with E-state index in [4.69, 9.17) is 16.7 Å². The molecule has 2 N–H and O–H groups in total. The van der Waals surface area contributed by atoms with Crippen molar-refractivity contribution in [1.29, 1.82) is 0 Å². The maximum Gasteiger partial charge on any atom is 0.0626 e. The van der Waals surface area contributed by atoms with Gasteiger partial charge in [-0.05, 0) is 31.2 Å². The molecule has 1 unspecified atom stereocenters. The number of aliphatic hydroxyl groups excluding tert-OH is 1. The Labute approximate surface area is 83.5 Å². The number of halogens is 1. The molecule has 0 aliphatic rings. The molecule has 13 heavy (non-hydrogen) atoms. The Bertz CT molecular complexity index is 284. The summed E-state index contributed by atoms with van der Waals surface area (Å²) in [6, 6.07) is 5.75. The molecule has 72 valence electrons. The van der Waals surface area contributed by atoms with E-state index < -0.39 is 0 Å². The monoisotopic (exact) mass is 199 g/mol. The van der Waals surface area contributed by atoms with Gasteiger partial charge in [0.15, 0.2) is 0 Å². The van der Waals surface area contributed by atoms with Crippen LogP contribution in [0.15, 0.2) is 18.2 Å². The molecule has 0 radical (unpaired) electrons. The molecule has 0 aliphatic carbocycles. The Kier molecular flexibility index (Phi) is 3.72. The van der Waals surface area contributed by atoms with Crippen molar-refractivity contribution in [3.8, 4) is 0 Å². The van der Waals surface area contributed by atoms with Crippen LogP contribution in [0.25, 0.3) is 0 Å². The topological polar surface area (TPSA) is 32.3 Å². The molecule has 1 atom stereocenters. The molecule has 0 amide bonds. The second-order valence-electron chi connectivity index (χ2n) is 3.05. The van der Waals surface area contributed by atoms with Crippen molar-refractivity contribution >= 4 is 11.6 Å². The van der Waals surface area contributed by atoms with Crippen molar-refractivity contribution < 1.29 is 5.11 Å². The first-order valence-corrected chi connectivity index (χ1v) is 4.61. The van der Waals surface area contributed by atoms with Crippen LogP contribution >= 0.6 is 11.6 Å². The van der Waals surface area contributed by atoms with E-state index in [0.717, 1.165) is 11.1 Å². The lowest BCUT2D eigenvalue weighted by molar-refractivity contribution is 0.251. The van der Waals surface area contributed by atoms with Crippen LogP contribution in [0.1, 0.15) is 17.2 Å². The van der Waals surface area contributed by atoms with E-state index in [2.05, 4.69) is 5.32 Å². The number of hydrogen-bond acceptors (Lipinski definition) is 2. The van der Waals surface area contributed by atoms with E-state index in [-0.39, 0.29) is 12.6 Å². The average Bonchev–Trinajstić information content (AvgIpc) is 2.10. The van der Waals surface area contributed by atoms with Gasteiger partial charge in [0, 0.05) is 5.02 Å². The van der Waals surface area contributed by atoms with E-state index in [9.17, 15) is 0 Å². The highest BCUT2D eigenvalue weighted by Crippen LogP contribution is 2.23. The van der Waals surface area contributed by atoms with Crippen LogP contribution in [-0.2, 0) is 0 Å². The zero-order chi connectivity index (χ0) is 9.84. The van der Waals surface area contributed by atoms with Crippen molar-refractivity contribution in [2.45, 2.75) is 13.0 Å². The molecule has 0 heterocycles. The molecule has 0 aromatic heterocycles. The Hall–Kier alpha value is -0.570. The molecule has 2 nitrogen and oxygen atoms in total. The summed E-state index contributed by atoms with van der Waals surface area (Å²) in [7, 11) is 1.80. The van der Waals surface area contributed by atoms with E-state index in [0.29, 0.717) is 5.02 Å². The Morgan fingerprint density at radius 1 is 1.54 bits per heavy atom. The normalized spacial score (nSPS) is 12.9. The van der Waals surface area contributed by atoms with Gasteiger partial charge in [-0.15, -0.1) is 0 Å². The highest BCUT2D eigenvalue weighted by atomic mass is 35.5. The summed E-state index contributed by atoms with van der Waals surface area (Å²) in [6.45, 7) is 2.04. The summed E-state index contributed by atoms with van der Waals surface area (Å²) in [5, 5.41) is 12.7. The van der Waals surface area contributed by atoms with Gasteiger partial charge < -0.3 is 10.4 Å². The van der Waals surface area contributed by atoms with Crippen molar-refractivity contribution in [2.24, 2.45) is 0 Å². The molecule has 0 bridgehead atoms. The van der Waals surface area contributed by atoms with Gasteiger partial charge in [-0.1, -0.05) is 23.7 Å². The third-order valence-electron chi connectivity index (χ3n) is 2.06. The van der Waals surface area contributed by atoms with Gasteiger partial charge in [0.25, 0.3) is 0 Å². The fourth-order valence-electron chi connectivity index (χ4n) is 1.26. The molecule has 0 saturated carbocycles. The minimum Gasteiger partial charge on any atom is -0.394 e. The number of rotatable bonds is 3. The second-order valence-corrected chi connectivity index (χ2v) is 3.46. The first-order valence-electron chi connectivity index (χ1n) is 4.23. The van der Waals surface area contributed by atoms with Gasteiger partial charge in [-0.3, -0.25) is 0 Å². The summed E-state index contributed by atoms with van der Waals surface area (Å²) in [4.78, 5) is 0. The summed E-state index contributed by atoms with van der Waals surface area (Å²) in [5.74, 6) is 0. The summed E-state index contributed by atoms with van der Waals surface area (Å²) in [6.07, 6.45) is 0. The lowest BCUT2D eigenvalue weighted by atomic mass is 10.1. The minimum atomic E-state index is -0.0758. The van der Waals surface area contributed by atoms with Gasteiger partial charge in [-0.25, -0.2) is 0 Å². The molecule has 0 spiro atoms. The van der Waals surface area contributed by atoms with Crippen LogP contribution in [0.5, 0.6) is 0 Å². The lowest BCUT2D eigenvalue weighted by Crippen LogP contribution is -2.20. The smallest absolute Gasteiger partial charge is 0.0626 e. The number of likely N-dealkylation sites (N-methyl/N-ethyl adjacent to an activating group) is 1. The standard InChI is InChI=1S/C10H14ClNO/c1-7-3-4-8(9(11)5-7)10(6-13)12-2/h3-5,10,12-13H,6H2,1-2H3. The van der Waals surface area contributed by atoms with Gasteiger partial charge in [-0.2, -0.15) is 0 Å². The largest absolute Gasteiger partial charge is 0.394 e. The fraction of sp³-hybridized carbons (Fsp3) is 0.400. The number of nitrogens with one attached hydrogen (secondary N) is 1. The quantitative estimate of drug-likeness (QED) is 0.780. The van der Waals surface area contributed by atoms with Crippen molar-refractivity contribution in [3.05, 3.63) is 34.3 Å². The number of aliphatic hydroxyl groups is 1. The summed E-state index contributed by atoms with van der Waals surface area (Å²) in [5.41, 5.74) is 2.07. The first kappa shape index (κ1) is 10.5. The second kappa shape index (κ2) is 4.61. The molecule has 0 saturated heterocycles. The molecule has 0 fully saturated rings. The van der Waals surface area contributed by atoms with Crippen LogP contribution in [0, 0.1) is 6.92 Å². The minimum absolute atomic E-state index is 0.0548. The van der Waals surface area contributed by atoms with Crippen LogP contribution in [0.2, 0.25) is 5.02 Å². The first-order chi connectivity index (χ1) is 6.19. The van der Waals surface area contributed by atoms with E-state index in [1.54, 1.807) is 7.05 Å². The van der Waals surface area contributed by atoms with E-state index >= 15 is 0 Å². The maximum absolute atomic E-state index is 9.05. The maximum atomic E-state index is 9.05. The highest BCUT2D eigenvalue weighted by Gasteiger charge is 2.10. The predicted molar refractivity (Wildman–Crippen MR) is 55.1 cm³/mol. The van der Waals surface area contributed by atoms with Gasteiger partial charge >= 0.3 is 0 Å². The summed E-state index contributed by atoms with van der Waals surface area (Å²) >= 11 is 6.03. The van der Waals surface area contributed by atoms with Crippen molar-refractivity contribution in [1.82, 2.24) is 5.32 Å². The predicted octanol–water partition coefficient (Wildman–Crippen LogP) is 1.90. The van der Waals surface area contributed by atoms with Crippen molar-refractivity contribution in [2.75, 3.05) is 13.7 Å². The fourth-order valence-corrected chi connectivity index (χ4v) is 1.63. The van der Waals surface area contributed by atoms with Crippen LogP contribution in [-0.4, -0.2) is 18.8 Å². The lowest BCUT2D eigenvalue weighted by Gasteiger charge is -2.15. The molecular weight excluding hydrogens is 186 g/mol. The van der Waals surface area contributed by atoms with Crippen molar-refractivity contribution in [3.63, 3.8) is 0 Å². The van der Waals surface area contributed by atoms with Gasteiger partial charge in [0.05, 0.1) is 12.6 Å². The molecule has 1 aromatic carbocycles. The van der Waals surface area contributed by atoms with E-state index in [1.807, 2.05) is 25.1 Å². The summed E-state index contributed by atoms with van der Waals surface area (Å²) < 4.78 is 0. The Balaban J connectivity index is 2.99. The van der Waals surface area contributed by atoms with Crippen LogP contribution in [0.4, 0.5) is 0 Å². The Morgan fingerprint density at radius 3 is 2.69 bits per heavy atom.